The lowest BCUT2D eigenvalue weighted by Gasteiger charge is -2.32. The van der Waals surface area contributed by atoms with Gasteiger partial charge in [0.2, 0.25) is 5.92 Å². The number of alkyl carbamates (subject to hydrolysis) is 1. The van der Waals surface area contributed by atoms with Crippen LogP contribution >= 0.6 is 0 Å². The van der Waals surface area contributed by atoms with Crippen LogP contribution in [0.5, 0.6) is 0 Å². The molecule has 1 N–H and O–H groups in total. The second-order valence-electron chi connectivity index (χ2n) is 13.1. The number of rotatable bonds is 13. The lowest BCUT2D eigenvalue weighted by molar-refractivity contribution is -0.147. The largest absolute Gasteiger partial charge is 0.467 e. The van der Waals surface area contributed by atoms with Gasteiger partial charge in [-0.05, 0) is 59.1 Å². The van der Waals surface area contributed by atoms with Crippen molar-refractivity contribution < 1.29 is 51.7 Å². The number of methoxy groups -OCH3 is 2. The van der Waals surface area contributed by atoms with E-state index in [1.807, 2.05) is 0 Å². The molecule has 3 amide bonds. The van der Waals surface area contributed by atoms with Crippen molar-refractivity contribution in [2.45, 2.75) is 102 Å². The van der Waals surface area contributed by atoms with Gasteiger partial charge < -0.3 is 24.3 Å². The molecule has 0 aliphatic heterocycles. The standard InChI is InChI=1S/C35H46F2N2O9/c1-33(2,3)47-31(43)39(32(44)48-34(4,5)6)25(29(41)45-7)19-21-35(36,37)22-20-26(40)28(38-30(42)46-8)27(23-15-11-9-12-16-23)24-17-13-10-14-18-24/h9-18,25,27-28H,19-22H2,1-8H3,(H,38,42)/t25-,28+/m0/s1. The average Bonchev–Trinajstić information content (AvgIpc) is 3.00. The fraction of sp³-hybridized carbons (Fsp3) is 0.514. The SMILES string of the molecule is COC(=O)N[C@H](C(=O)CCC(F)(F)CC[C@@H](C(=O)OC)N(C(=O)OC(C)(C)C)C(=O)OC(C)(C)C)C(c1ccccc1)c1ccccc1. The third-order valence-corrected chi connectivity index (χ3v) is 6.94. The summed E-state index contributed by atoms with van der Waals surface area (Å²) in [5, 5.41) is 2.52. The number of amides is 3. The quantitative estimate of drug-likeness (QED) is 0.175. The van der Waals surface area contributed by atoms with Gasteiger partial charge in [-0.2, -0.15) is 4.90 Å². The van der Waals surface area contributed by atoms with Crippen LogP contribution in [0.1, 0.15) is 84.3 Å². The summed E-state index contributed by atoms with van der Waals surface area (Å²) in [5.74, 6) is -6.12. The zero-order chi connectivity index (χ0) is 36.3. The van der Waals surface area contributed by atoms with Crippen molar-refractivity contribution in [1.29, 1.82) is 0 Å². The number of ether oxygens (including phenoxy) is 4. The molecule has 0 fully saturated rings. The molecule has 0 aromatic heterocycles. The van der Waals surface area contributed by atoms with Gasteiger partial charge in [-0.3, -0.25) is 4.79 Å². The van der Waals surface area contributed by atoms with Crippen LogP contribution in [-0.4, -0.2) is 78.4 Å². The fourth-order valence-corrected chi connectivity index (χ4v) is 4.81. The summed E-state index contributed by atoms with van der Waals surface area (Å²) < 4.78 is 51.1. The summed E-state index contributed by atoms with van der Waals surface area (Å²) in [6, 6.07) is 14.6. The molecule has 0 bridgehead atoms. The highest BCUT2D eigenvalue weighted by atomic mass is 19.3. The first-order chi connectivity index (χ1) is 22.3. The first kappa shape index (κ1) is 39.6. The summed E-state index contributed by atoms with van der Waals surface area (Å²) in [6.07, 6.45) is -6.85. The molecule has 0 spiro atoms. The van der Waals surface area contributed by atoms with E-state index < -0.39 is 90.8 Å². The Balaban J connectivity index is 2.35. The number of ketones is 1. The molecule has 2 aromatic carbocycles. The van der Waals surface area contributed by atoms with Gasteiger partial charge in [0.15, 0.2) is 5.78 Å². The second-order valence-corrected chi connectivity index (χ2v) is 13.1. The smallest absolute Gasteiger partial charge is 0.420 e. The van der Waals surface area contributed by atoms with E-state index in [0.29, 0.717) is 16.0 Å². The number of carbonyl (C=O) groups excluding carboxylic acids is 5. The molecule has 13 heteroatoms. The number of nitrogens with zero attached hydrogens (tertiary/aromatic N) is 1. The van der Waals surface area contributed by atoms with Crippen molar-refractivity contribution in [3.63, 3.8) is 0 Å². The van der Waals surface area contributed by atoms with E-state index in [4.69, 9.17) is 18.9 Å². The van der Waals surface area contributed by atoms with Crippen molar-refractivity contribution >= 4 is 30.0 Å². The number of benzene rings is 2. The Hall–Kier alpha value is -4.55. The van der Waals surface area contributed by atoms with Crippen molar-refractivity contribution in [2.24, 2.45) is 0 Å². The number of carbonyl (C=O) groups is 5. The molecule has 11 nitrogen and oxygen atoms in total. The van der Waals surface area contributed by atoms with E-state index >= 15 is 8.78 Å². The molecule has 0 heterocycles. The van der Waals surface area contributed by atoms with Gasteiger partial charge in [-0.25, -0.2) is 28.0 Å². The minimum atomic E-state index is -3.56. The Morgan fingerprint density at radius 1 is 0.729 bits per heavy atom. The van der Waals surface area contributed by atoms with Crippen LogP contribution in [0.15, 0.2) is 60.7 Å². The van der Waals surface area contributed by atoms with E-state index in [1.165, 1.54) is 41.5 Å². The zero-order valence-electron chi connectivity index (χ0n) is 28.7. The average molecular weight is 677 g/mol. The summed E-state index contributed by atoms with van der Waals surface area (Å²) in [4.78, 5) is 65.4. The molecule has 264 valence electrons. The fourth-order valence-electron chi connectivity index (χ4n) is 4.81. The number of esters is 1. The summed E-state index contributed by atoms with van der Waals surface area (Å²) in [7, 11) is 2.11. The Kier molecular flexibility index (Phi) is 14.1. The van der Waals surface area contributed by atoms with Crippen LogP contribution in [0.2, 0.25) is 0 Å². The Bertz CT molecular complexity index is 1320. The summed E-state index contributed by atoms with van der Waals surface area (Å²) in [5.41, 5.74) is -0.880. The van der Waals surface area contributed by atoms with Crippen LogP contribution < -0.4 is 5.32 Å². The van der Waals surface area contributed by atoms with Crippen molar-refractivity contribution in [3.8, 4) is 0 Å². The molecule has 0 aliphatic rings. The Labute approximate surface area is 280 Å². The first-order valence-electron chi connectivity index (χ1n) is 15.5. The highest BCUT2D eigenvalue weighted by Gasteiger charge is 2.43. The van der Waals surface area contributed by atoms with E-state index in [9.17, 15) is 24.0 Å². The Morgan fingerprint density at radius 2 is 1.19 bits per heavy atom. The molecule has 2 rings (SSSR count). The van der Waals surface area contributed by atoms with Crippen LogP contribution in [-0.2, 0) is 28.5 Å². The number of Topliss-reactive ketones (excluding diaryl/α,β-unsaturated/α-hetero) is 1. The highest BCUT2D eigenvalue weighted by molar-refractivity contribution is 5.94. The van der Waals surface area contributed by atoms with Crippen molar-refractivity contribution in [1.82, 2.24) is 10.2 Å². The van der Waals surface area contributed by atoms with Crippen LogP contribution in [0.4, 0.5) is 23.2 Å². The maximum absolute atomic E-state index is 15.5. The molecule has 0 unspecified atom stereocenters. The number of halogens is 2. The van der Waals surface area contributed by atoms with Gasteiger partial charge in [0, 0.05) is 25.2 Å². The van der Waals surface area contributed by atoms with Gasteiger partial charge in [-0.1, -0.05) is 60.7 Å². The summed E-state index contributed by atoms with van der Waals surface area (Å²) in [6.45, 7) is 9.16. The maximum Gasteiger partial charge on any atom is 0.420 e. The topological polar surface area (TPSA) is 138 Å². The van der Waals surface area contributed by atoms with E-state index in [1.54, 1.807) is 60.7 Å². The molecule has 0 aliphatic carbocycles. The minimum Gasteiger partial charge on any atom is -0.467 e. The molecule has 2 aromatic rings. The highest BCUT2D eigenvalue weighted by Crippen LogP contribution is 2.33. The predicted molar refractivity (Wildman–Crippen MR) is 173 cm³/mol. The molecule has 2 atom stereocenters. The van der Waals surface area contributed by atoms with Gasteiger partial charge >= 0.3 is 24.2 Å². The van der Waals surface area contributed by atoms with Gasteiger partial charge in [0.1, 0.15) is 23.3 Å². The zero-order valence-corrected chi connectivity index (χ0v) is 28.7. The van der Waals surface area contributed by atoms with Gasteiger partial charge in [-0.15, -0.1) is 0 Å². The molecular weight excluding hydrogens is 630 g/mol. The molecule has 0 radical (unpaired) electrons. The van der Waals surface area contributed by atoms with E-state index in [0.717, 1.165) is 14.2 Å². The van der Waals surface area contributed by atoms with Crippen LogP contribution in [0.3, 0.4) is 0 Å². The van der Waals surface area contributed by atoms with Crippen molar-refractivity contribution in [3.05, 3.63) is 71.8 Å². The first-order valence-corrected chi connectivity index (χ1v) is 15.5. The third kappa shape index (κ3) is 12.6. The molecule has 48 heavy (non-hydrogen) atoms. The molecule has 0 saturated heterocycles. The lowest BCUT2D eigenvalue weighted by atomic mass is 9.82. The van der Waals surface area contributed by atoms with Crippen molar-refractivity contribution in [2.75, 3.05) is 14.2 Å². The van der Waals surface area contributed by atoms with Gasteiger partial charge in [0.25, 0.3) is 0 Å². The number of nitrogens with one attached hydrogen (secondary N) is 1. The number of alkyl halides is 2. The number of hydrogen-bond acceptors (Lipinski definition) is 9. The minimum absolute atomic E-state index is 0.337. The predicted octanol–water partition coefficient (Wildman–Crippen LogP) is 7.02. The summed E-state index contributed by atoms with van der Waals surface area (Å²) >= 11 is 0. The molecule has 0 saturated carbocycles. The van der Waals surface area contributed by atoms with Crippen LogP contribution in [0, 0.1) is 0 Å². The number of hydrogen-bond donors (Lipinski definition) is 1. The number of imide groups is 1. The van der Waals surface area contributed by atoms with E-state index in [-0.39, 0.29) is 0 Å². The molecular formula is C35H46F2N2O9. The monoisotopic (exact) mass is 676 g/mol. The van der Waals surface area contributed by atoms with E-state index in [2.05, 4.69) is 5.32 Å². The Morgan fingerprint density at radius 3 is 1.58 bits per heavy atom. The van der Waals surface area contributed by atoms with Crippen LogP contribution in [0.25, 0.3) is 0 Å². The lowest BCUT2D eigenvalue weighted by Crippen LogP contribution is -2.52. The third-order valence-electron chi connectivity index (χ3n) is 6.94. The van der Waals surface area contributed by atoms with Gasteiger partial charge in [0.05, 0.1) is 14.2 Å². The normalized spacial score (nSPS) is 13.1. The second kappa shape index (κ2) is 17.0. The maximum atomic E-state index is 15.5.